The van der Waals surface area contributed by atoms with Crippen molar-refractivity contribution >= 4 is 11.6 Å². The van der Waals surface area contributed by atoms with Crippen LogP contribution in [-0.2, 0) is 0 Å². The van der Waals surface area contributed by atoms with Gasteiger partial charge in [0.05, 0.1) is 30.9 Å². The first kappa shape index (κ1) is 23.4. The summed E-state index contributed by atoms with van der Waals surface area (Å²) in [6.07, 6.45) is 3.46. The Morgan fingerprint density at radius 2 is 1.76 bits per heavy atom. The molecular formula is C23H18ClF3N4O3. The first-order valence-corrected chi connectivity index (χ1v) is 10.4. The highest BCUT2D eigenvalue weighted by Crippen LogP contribution is 2.31. The molecule has 0 unspecified atom stereocenters. The van der Waals surface area contributed by atoms with Gasteiger partial charge in [-0.3, -0.25) is 4.79 Å². The van der Waals surface area contributed by atoms with Crippen LogP contribution in [0.15, 0.2) is 53.7 Å². The Morgan fingerprint density at radius 3 is 2.38 bits per heavy atom. The number of hydrogen-bond acceptors (Lipinski definition) is 5. The summed E-state index contributed by atoms with van der Waals surface area (Å²) < 4.78 is 54.6. The summed E-state index contributed by atoms with van der Waals surface area (Å²) in [4.78, 5) is 17.2. The molecule has 0 fully saturated rings. The quantitative estimate of drug-likeness (QED) is 0.347. The first-order valence-electron chi connectivity index (χ1n) is 9.98. The second-order valence-corrected chi connectivity index (χ2v) is 7.80. The van der Waals surface area contributed by atoms with Crippen LogP contribution in [0.5, 0.6) is 17.2 Å². The van der Waals surface area contributed by atoms with E-state index in [1.807, 2.05) is 13.1 Å². The highest BCUT2D eigenvalue weighted by molar-refractivity contribution is 6.29. The summed E-state index contributed by atoms with van der Waals surface area (Å²) in [5, 5.41) is 3.84. The average molecular weight is 491 g/mol. The summed E-state index contributed by atoms with van der Waals surface area (Å²) in [5.41, 5.74) is 0.801. The zero-order valence-electron chi connectivity index (χ0n) is 18.2. The number of halogens is 4. The molecule has 0 bridgehead atoms. The third-order valence-electron chi connectivity index (χ3n) is 5.10. The van der Waals surface area contributed by atoms with Gasteiger partial charge in [-0.15, -0.1) is 0 Å². The highest BCUT2D eigenvalue weighted by Gasteiger charge is 2.20. The molecule has 0 radical (unpaired) electrons. The van der Waals surface area contributed by atoms with Crippen LogP contribution < -0.4 is 15.0 Å². The van der Waals surface area contributed by atoms with Crippen LogP contribution in [0.25, 0.3) is 5.69 Å². The molecule has 7 nitrogen and oxygen atoms in total. The monoisotopic (exact) mass is 490 g/mol. The molecule has 0 amide bonds. The van der Waals surface area contributed by atoms with E-state index in [2.05, 4.69) is 10.1 Å². The average Bonchev–Trinajstić information content (AvgIpc) is 3.24. The number of ether oxygens (including phenoxy) is 2. The number of hydrogen-bond donors (Lipinski definition) is 0. The zero-order valence-corrected chi connectivity index (χ0v) is 19.0. The Kier molecular flexibility index (Phi) is 6.34. The molecule has 0 aliphatic heterocycles. The Bertz CT molecular complexity index is 1410. The van der Waals surface area contributed by atoms with Gasteiger partial charge < -0.3 is 14.0 Å². The molecule has 2 heterocycles. The molecule has 2 aromatic heterocycles. The Labute approximate surface area is 197 Å². The topological polar surface area (TPSA) is 71.2 Å². The number of benzene rings is 2. The fraction of sp³-hybridized carbons (Fsp3) is 0.174. The number of imidazole rings is 1. The predicted molar refractivity (Wildman–Crippen MR) is 119 cm³/mol. The van der Waals surface area contributed by atoms with Crippen LogP contribution in [0.3, 0.4) is 0 Å². The molecule has 1 atom stereocenters. The number of aryl methyl sites for hydroxylation is 1. The Balaban J connectivity index is 1.69. The number of methoxy groups -OCH3 is 1. The van der Waals surface area contributed by atoms with E-state index in [9.17, 15) is 18.0 Å². The van der Waals surface area contributed by atoms with Gasteiger partial charge in [0.25, 0.3) is 0 Å². The highest BCUT2D eigenvalue weighted by atomic mass is 35.5. The normalized spacial score (nSPS) is 12.0. The van der Waals surface area contributed by atoms with Crippen molar-refractivity contribution in [1.82, 2.24) is 19.3 Å². The van der Waals surface area contributed by atoms with E-state index in [-0.39, 0.29) is 22.2 Å². The smallest absolute Gasteiger partial charge is 0.310 e. The van der Waals surface area contributed by atoms with E-state index in [4.69, 9.17) is 21.1 Å². The SMILES string of the molecule is COc1cc(Oc2cc(Cl)nn([C@@H](C)c3cc(F)c(F)c(F)c3)c2=O)ccc1-n1cnc(C)c1. The summed E-state index contributed by atoms with van der Waals surface area (Å²) in [6, 6.07) is 6.76. The van der Waals surface area contributed by atoms with Gasteiger partial charge in [-0.25, -0.2) is 22.8 Å². The second kappa shape index (κ2) is 9.22. The third kappa shape index (κ3) is 4.49. The lowest BCUT2D eigenvalue weighted by Crippen LogP contribution is -2.27. The van der Waals surface area contributed by atoms with Crippen molar-refractivity contribution in [3.8, 4) is 22.9 Å². The molecule has 4 aromatic rings. The molecule has 0 aliphatic rings. The third-order valence-corrected chi connectivity index (χ3v) is 5.28. The standard InChI is InChI=1S/C23H18ClF3N4O3/c1-12-10-30(11-28-12)18-5-4-15(8-19(18)33-3)34-20-9-21(24)29-31(23(20)32)13(2)14-6-16(25)22(27)17(26)7-14/h4-11,13H,1-3H3/t13-/m0/s1. The van der Waals surface area contributed by atoms with Crippen molar-refractivity contribution in [1.29, 1.82) is 0 Å². The van der Waals surface area contributed by atoms with Crippen LogP contribution in [0.2, 0.25) is 5.15 Å². The Morgan fingerprint density at radius 1 is 1.06 bits per heavy atom. The molecule has 0 N–H and O–H groups in total. The molecular weight excluding hydrogens is 473 g/mol. The molecule has 0 spiro atoms. The number of aromatic nitrogens is 4. The minimum absolute atomic E-state index is 0.0131. The van der Waals surface area contributed by atoms with E-state index < -0.39 is 29.1 Å². The molecule has 34 heavy (non-hydrogen) atoms. The summed E-state index contributed by atoms with van der Waals surface area (Å²) in [7, 11) is 1.49. The van der Waals surface area contributed by atoms with Crippen LogP contribution in [-0.4, -0.2) is 26.4 Å². The summed E-state index contributed by atoms with van der Waals surface area (Å²) in [6.45, 7) is 3.32. The van der Waals surface area contributed by atoms with E-state index >= 15 is 0 Å². The lowest BCUT2D eigenvalue weighted by Gasteiger charge is -2.17. The first-order chi connectivity index (χ1) is 16.2. The van der Waals surface area contributed by atoms with E-state index in [0.29, 0.717) is 11.4 Å². The molecule has 176 valence electrons. The van der Waals surface area contributed by atoms with Gasteiger partial charge >= 0.3 is 5.56 Å². The summed E-state index contributed by atoms with van der Waals surface area (Å²) in [5.74, 6) is -3.81. The maximum Gasteiger partial charge on any atom is 0.310 e. The molecule has 0 aliphatic carbocycles. The van der Waals surface area contributed by atoms with Gasteiger partial charge in [-0.2, -0.15) is 5.10 Å². The molecule has 0 saturated heterocycles. The number of nitrogens with zero attached hydrogens (tertiary/aromatic N) is 4. The fourth-order valence-corrected chi connectivity index (χ4v) is 3.55. The predicted octanol–water partition coefficient (Wildman–Crippen LogP) is 5.22. The van der Waals surface area contributed by atoms with Crippen molar-refractivity contribution in [2.75, 3.05) is 7.11 Å². The largest absolute Gasteiger partial charge is 0.494 e. The minimum atomic E-state index is -1.60. The Hall–Kier alpha value is -3.79. The summed E-state index contributed by atoms with van der Waals surface area (Å²) >= 11 is 6.08. The second-order valence-electron chi connectivity index (χ2n) is 7.41. The zero-order chi connectivity index (χ0) is 24.6. The van der Waals surface area contributed by atoms with Gasteiger partial charge in [-0.1, -0.05) is 11.6 Å². The van der Waals surface area contributed by atoms with Crippen molar-refractivity contribution < 1.29 is 22.6 Å². The van der Waals surface area contributed by atoms with Crippen LogP contribution in [0, 0.1) is 24.4 Å². The lowest BCUT2D eigenvalue weighted by atomic mass is 10.1. The van der Waals surface area contributed by atoms with Crippen LogP contribution in [0.4, 0.5) is 13.2 Å². The molecule has 4 rings (SSSR count). The van der Waals surface area contributed by atoms with Gasteiger partial charge in [0.1, 0.15) is 11.5 Å². The molecule has 11 heteroatoms. The van der Waals surface area contributed by atoms with Gasteiger partial charge in [0, 0.05) is 18.3 Å². The van der Waals surface area contributed by atoms with Gasteiger partial charge in [0.15, 0.2) is 28.4 Å². The minimum Gasteiger partial charge on any atom is -0.494 e. The van der Waals surface area contributed by atoms with Crippen molar-refractivity contribution in [3.05, 3.63) is 93.1 Å². The van der Waals surface area contributed by atoms with Gasteiger partial charge in [-0.05, 0) is 43.7 Å². The van der Waals surface area contributed by atoms with Crippen LogP contribution >= 0.6 is 11.6 Å². The number of rotatable bonds is 6. The maximum absolute atomic E-state index is 13.7. The molecule has 2 aromatic carbocycles. The maximum atomic E-state index is 13.7. The van der Waals surface area contributed by atoms with Crippen molar-refractivity contribution in [3.63, 3.8) is 0 Å². The van der Waals surface area contributed by atoms with E-state index in [1.54, 1.807) is 29.1 Å². The van der Waals surface area contributed by atoms with E-state index in [1.165, 1.54) is 20.1 Å². The van der Waals surface area contributed by atoms with Crippen molar-refractivity contribution in [2.45, 2.75) is 19.9 Å². The fourth-order valence-electron chi connectivity index (χ4n) is 3.37. The van der Waals surface area contributed by atoms with E-state index in [0.717, 1.165) is 22.5 Å². The lowest BCUT2D eigenvalue weighted by molar-refractivity contribution is 0.404. The molecule has 0 saturated carbocycles. The van der Waals surface area contributed by atoms with Crippen molar-refractivity contribution in [2.24, 2.45) is 0 Å². The van der Waals surface area contributed by atoms with Crippen LogP contribution in [0.1, 0.15) is 24.2 Å². The van der Waals surface area contributed by atoms with Gasteiger partial charge in [0.2, 0.25) is 0 Å².